The number of carbonyl (C=O) groups excluding carboxylic acids is 1. The highest BCUT2D eigenvalue weighted by atomic mass is 35.5. The largest absolute Gasteiger partial charge is 0.475 e. The Labute approximate surface area is 93.1 Å². The van der Waals surface area contributed by atoms with E-state index in [-0.39, 0.29) is 6.73 Å². The Morgan fingerprint density at radius 1 is 1.47 bits per heavy atom. The van der Waals surface area contributed by atoms with Crippen LogP contribution in [0.2, 0.25) is 0 Å². The average Bonchev–Trinajstić information content (AvgIpc) is 2.16. The molecule has 0 spiro atoms. The van der Waals surface area contributed by atoms with Gasteiger partial charge < -0.3 is 5.32 Å². The molecule has 1 amide bonds. The quantitative estimate of drug-likeness (QED) is 0.445. The first-order valence-electron chi connectivity index (χ1n) is 3.91. The molecule has 88 valence electrons. The zero-order valence-electron chi connectivity index (χ0n) is 8.65. The number of hydrogen-bond donors (Lipinski definition) is 1. The molecule has 0 aliphatic carbocycles. The Balaban J connectivity index is 3.94. The SMILES string of the molecule is COP(=O)(OC)OCNC(=O)/C=C(\C)Cl. The molecule has 0 radical (unpaired) electrons. The van der Waals surface area contributed by atoms with E-state index in [4.69, 9.17) is 11.6 Å². The Hall–Kier alpha value is -0.390. The second kappa shape index (κ2) is 6.98. The first-order chi connectivity index (χ1) is 6.93. The van der Waals surface area contributed by atoms with Crippen LogP contribution in [0.5, 0.6) is 0 Å². The first kappa shape index (κ1) is 14.6. The van der Waals surface area contributed by atoms with E-state index in [0.717, 1.165) is 6.08 Å². The van der Waals surface area contributed by atoms with Crippen LogP contribution < -0.4 is 5.32 Å². The lowest BCUT2D eigenvalue weighted by Gasteiger charge is -2.12. The molecule has 0 saturated heterocycles. The fourth-order valence-electron chi connectivity index (χ4n) is 0.594. The van der Waals surface area contributed by atoms with Crippen molar-refractivity contribution in [3.8, 4) is 0 Å². The molecule has 0 bridgehead atoms. The van der Waals surface area contributed by atoms with Crippen LogP contribution in [0.25, 0.3) is 0 Å². The number of rotatable bonds is 6. The second-order valence-electron chi connectivity index (χ2n) is 2.36. The summed E-state index contributed by atoms with van der Waals surface area (Å²) >= 11 is 5.45. The highest BCUT2D eigenvalue weighted by molar-refractivity contribution is 7.48. The summed E-state index contributed by atoms with van der Waals surface area (Å²) in [4.78, 5) is 11.0. The predicted molar refractivity (Wildman–Crippen MR) is 55.3 cm³/mol. The van der Waals surface area contributed by atoms with E-state index in [1.807, 2.05) is 0 Å². The van der Waals surface area contributed by atoms with E-state index >= 15 is 0 Å². The Morgan fingerprint density at radius 2 is 2.00 bits per heavy atom. The molecule has 0 aromatic rings. The molecule has 0 saturated carbocycles. The summed E-state index contributed by atoms with van der Waals surface area (Å²) in [6, 6.07) is 0. The van der Waals surface area contributed by atoms with E-state index in [1.54, 1.807) is 6.92 Å². The van der Waals surface area contributed by atoms with Gasteiger partial charge in [-0.1, -0.05) is 11.6 Å². The van der Waals surface area contributed by atoms with Crippen LogP contribution >= 0.6 is 19.4 Å². The minimum Gasteiger partial charge on any atom is -0.329 e. The molecular weight excluding hydrogens is 245 g/mol. The number of amides is 1. The number of nitrogens with one attached hydrogen (secondary N) is 1. The van der Waals surface area contributed by atoms with Gasteiger partial charge in [-0.2, -0.15) is 0 Å². The maximum atomic E-state index is 11.3. The number of halogens is 1. The molecule has 6 nitrogen and oxygen atoms in total. The maximum absolute atomic E-state index is 11.3. The summed E-state index contributed by atoms with van der Waals surface area (Å²) in [5.74, 6) is -0.457. The van der Waals surface area contributed by atoms with Gasteiger partial charge in [0.15, 0.2) is 0 Å². The molecule has 8 heteroatoms. The standard InChI is InChI=1S/C7H13ClNO5P/c1-6(8)4-7(10)9-5-14-15(11,12-2)13-3/h4H,5H2,1-3H3,(H,9,10)/b6-4+. The van der Waals surface area contributed by atoms with Crippen molar-refractivity contribution in [3.05, 3.63) is 11.1 Å². The van der Waals surface area contributed by atoms with E-state index in [1.165, 1.54) is 14.2 Å². The third-order valence-electron chi connectivity index (χ3n) is 1.25. The Bertz CT molecular complexity index is 281. The molecular formula is C7H13ClNO5P. The fraction of sp³-hybridized carbons (Fsp3) is 0.571. The molecule has 15 heavy (non-hydrogen) atoms. The Kier molecular flexibility index (Phi) is 6.80. The van der Waals surface area contributed by atoms with Gasteiger partial charge in [-0.15, -0.1) is 0 Å². The molecule has 0 aromatic heterocycles. The van der Waals surface area contributed by atoms with Crippen LogP contribution in [-0.4, -0.2) is 26.9 Å². The van der Waals surface area contributed by atoms with Crippen LogP contribution in [0, 0.1) is 0 Å². The zero-order valence-corrected chi connectivity index (χ0v) is 10.3. The van der Waals surface area contributed by atoms with Gasteiger partial charge in [0.25, 0.3) is 0 Å². The van der Waals surface area contributed by atoms with Crippen LogP contribution in [0.4, 0.5) is 0 Å². The fourth-order valence-corrected chi connectivity index (χ4v) is 1.28. The van der Waals surface area contributed by atoms with Crippen molar-refractivity contribution in [1.29, 1.82) is 0 Å². The number of phosphoric acid groups is 1. The summed E-state index contributed by atoms with van der Waals surface area (Å²) in [6.45, 7) is 1.26. The molecule has 1 N–H and O–H groups in total. The van der Waals surface area contributed by atoms with Crippen molar-refractivity contribution < 1.29 is 22.9 Å². The van der Waals surface area contributed by atoms with Crippen molar-refractivity contribution in [3.63, 3.8) is 0 Å². The highest BCUT2D eigenvalue weighted by Gasteiger charge is 2.22. The minimum atomic E-state index is -3.54. The van der Waals surface area contributed by atoms with Crippen LogP contribution in [0.1, 0.15) is 6.92 Å². The van der Waals surface area contributed by atoms with Crippen molar-refractivity contribution in [2.75, 3.05) is 21.0 Å². The number of phosphoric ester groups is 1. The smallest absolute Gasteiger partial charge is 0.329 e. The average molecular weight is 258 g/mol. The van der Waals surface area contributed by atoms with Gasteiger partial charge >= 0.3 is 7.82 Å². The van der Waals surface area contributed by atoms with E-state index in [2.05, 4.69) is 18.9 Å². The highest BCUT2D eigenvalue weighted by Crippen LogP contribution is 2.46. The summed E-state index contributed by atoms with van der Waals surface area (Å²) in [5, 5.41) is 2.61. The van der Waals surface area contributed by atoms with Crippen molar-refractivity contribution in [1.82, 2.24) is 5.32 Å². The molecule has 0 fully saturated rings. The molecule has 0 aliphatic rings. The molecule has 0 unspecified atom stereocenters. The van der Waals surface area contributed by atoms with Gasteiger partial charge in [-0.25, -0.2) is 4.57 Å². The lowest BCUT2D eigenvalue weighted by Crippen LogP contribution is -2.23. The van der Waals surface area contributed by atoms with E-state index in [0.29, 0.717) is 5.03 Å². The number of allylic oxidation sites excluding steroid dienone is 1. The third-order valence-corrected chi connectivity index (χ3v) is 2.70. The van der Waals surface area contributed by atoms with E-state index in [9.17, 15) is 9.36 Å². The van der Waals surface area contributed by atoms with Crippen molar-refractivity contribution in [2.24, 2.45) is 0 Å². The van der Waals surface area contributed by atoms with Gasteiger partial charge in [-0.05, 0) is 6.92 Å². The van der Waals surface area contributed by atoms with Gasteiger partial charge in [0, 0.05) is 25.3 Å². The molecule has 0 heterocycles. The Morgan fingerprint density at radius 3 is 2.40 bits per heavy atom. The van der Waals surface area contributed by atoms with Crippen molar-refractivity contribution in [2.45, 2.75) is 6.92 Å². The van der Waals surface area contributed by atoms with Crippen LogP contribution in [0.3, 0.4) is 0 Å². The zero-order chi connectivity index (χ0) is 11.9. The van der Waals surface area contributed by atoms with Gasteiger partial charge in [0.1, 0.15) is 6.73 Å². The summed E-state index contributed by atoms with van der Waals surface area (Å²) in [5.41, 5.74) is 0. The number of hydrogen-bond acceptors (Lipinski definition) is 5. The third kappa shape index (κ3) is 6.65. The monoisotopic (exact) mass is 257 g/mol. The van der Waals surface area contributed by atoms with Crippen molar-refractivity contribution >= 4 is 25.3 Å². The maximum Gasteiger partial charge on any atom is 0.475 e. The van der Waals surface area contributed by atoms with Gasteiger partial charge in [0.2, 0.25) is 5.91 Å². The lowest BCUT2D eigenvalue weighted by molar-refractivity contribution is -0.117. The second-order valence-corrected chi connectivity index (χ2v) is 4.84. The van der Waals surface area contributed by atoms with Crippen LogP contribution in [-0.2, 0) is 22.9 Å². The van der Waals surface area contributed by atoms with E-state index < -0.39 is 13.7 Å². The molecule has 0 atom stereocenters. The predicted octanol–water partition coefficient (Wildman–Crippen LogP) is 1.62. The summed E-state index contributed by atoms with van der Waals surface area (Å²) in [6.07, 6.45) is 1.16. The van der Waals surface area contributed by atoms with Gasteiger partial charge in [0.05, 0.1) is 0 Å². The normalized spacial score (nSPS) is 12.7. The summed E-state index contributed by atoms with van der Waals surface area (Å²) in [7, 11) is -1.19. The minimum absolute atomic E-state index is 0.293. The summed E-state index contributed by atoms with van der Waals surface area (Å²) < 4.78 is 24.9. The molecule has 0 aromatic carbocycles. The first-order valence-corrected chi connectivity index (χ1v) is 5.75. The molecule has 0 aliphatic heterocycles. The van der Waals surface area contributed by atoms with Gasteiger partial charge in [-0.3, -0.25) is 18.4 Å². The van der Waals surface area contributed by atoms with Crippen LogP contribution in [0.15, 0.2) is 11.1 Å². The number of carbonyl (C=O) groups is 1. The topological polar surface area (TPSA) is 73.9 Å². The molecule has 0 rings (SSSR count). The lowest BCUT2D eigenvalue weighted by atomic mass is 10.5.